The van der Waals surface area contributed by atoms with Crippen LogP contribution in [0, 0.1) is 17.8 Å². The normalized spacial score (nSPS) is 35.3. The van der Waals surface area contributed by atoms with Gasteiger partial charge in [-0.05, 0) is 31.6 Å². The molecule has 5 nitrogen and oxygen atoms in total. The molecule has 1 saturated heterocycles. The maximum Gasteiger partial charge on any atom is 0.508 e. The van der Waals surface area contributed by atoms with E-state index in [0.29, 0.717) is 24.9 Å². The molecule has 4 unspecified atom stereocenters. The standard InChI is InChI=1S/C14H19NO4/c1-2-15(7-11-8-18-14(17)19-11)13(16)12-6-9-3-4-10(12)5-9/h3-4,9-12H,2,5-8H2,1H3. The van der Waals surface area contributed by atoms with E-state index >= 15 is 0 Å². The first-order valence-electron chi connectivity index (χ1n) is 6.98. The summed E-state index contributed by atoms with van der Waals surface area (Å²) in [6.07, 6.45) is 5.56. The van der Waals surface area contributed by atoms with Gasteiger partial charge in [-0.25, -0.2) is 4.79 Å². The summed E-state index contributed by atoms with van der Waals surface area (Å²) in [4.78, 5) is 25.2. The van der Waals surface area contributed by atoms with Gasteiger partial charge in [-0.2, -0.15) is 0 Å². The van der Waals surface area contributed by atoms with Gasteiger partial charge < -0.3 is 14.4 Å². The lowest BCUT2D eigenvalue weighted by Gasteiger charge is -2.28. The number of carbonyl (C=O) groups is 2. The number of likely N-dealkylation sites (N-methyl/N-ethyl adjacent to an activating group) is 1. The van der Waals surface area contributed by atoms with Gasteiger partial charge in [-0.1, -0.05) is 12.2 Å². The Morgan fingerprint density at radius 3 is 2.79 bits per heavy atom. The van der Waals surface area contributed by atoms with Crippen molar-refractivity contribution in [2.75, 3.05) is 19.7 Å². The minimum Gasteiger partial charge on any atom is -0.430 e. The average molecular weight is 265 g/mol. The SMILES string of the molecule is CCN(CC1COC(=O)O1)C(=O)C1CC2C=CC1C2. The number of cyclic esters (lactones) is 2. The summed E-state index contributed by atoms with van der Waals surface area (Å²) in [6, 6.07) is 0. The lowest BCUT2D eigenvalue weighted by Crippen LogP contribution is -2.42. The molecule has 0 spiro atoms. The molecular formula is C14H19NO4. The van der Waals surface area contributed by atoms with Crippen molar-refractivity contribution in [2.45, 2.75) is 25.9 Å². The molecule has 1 aliphatic heterocycles. The first kappa shape index (κ1) is 12.5. The van der Waals surface area contributed by atoms with Crippen LogP contribution in [0.3, 0.4) is 0 Å². The third-order valence-corrected chi connectivity index (χ3v) is 4.36. The Bertz CT molecular complexity index is 420. The Morgan fingerprint density at radius 1 is 1.42 bits per heavy atom. The number of rotatable bonds is 4. The van der Waals surface area contributed by atoms with Crippen LogP contribution in [0.25, 0.3) is 0 Å². The van der Waals surface area contributed by atoms with Crippen LogP contribution >= 0.6 is 0 Å². The van der Waals surface area contributed by atoms with Crippen LogP contribution in [-0.4, -0.2) is 42.8 Å². The topological polar surface area (TPSA) is 55.8 Å². The lowest BCUT2D eigenvalue weighted by molar-refractivity contribution is -0.137. The van der Waals surface area contributed by atoms with Crippen LogP contribution in [-0.2, 0) is 14.3 Å². The van der Waals surface area contributed by atoms with Gasteiger partial charge in [0.2, 0.25) is 5.91 Å². The molecule has 0 aromatic rings. The second-order valence-electron chi connectivity index (χ2n) is 5.56. The zero-order valence-electron chi connectivity index (χ0n) is 11.1. The Morgan fingerprint density at radius 2 is 2.26 bits per heavy atom. The molecule has 0 aromatic carbocycles. The zero-order chi connectivity index (χ0) is 13.4. The minimum absolute atomic E-state index is 0.118. The number of carbonyl (C=O) groups excluding carboxylic acids is 2. The molecule has 2 bridgehead atoms. The Labute approximate surface area is 112 Å². The highest BCUT2D eigenvalue weighted by atomic mass is 16.8. The van der Waals surface area contributed by atoms with E-state index in [1.54, 1.807) is 4.90 Å². The number of amides is 1. The number of nitrogens with zero attached hydrogens (tertiary/aromatic N) is 1. The van der Waals surface area contributed by atoms with Gasteiger partial charge in [0.05, 0.1) is 6.54 Å². The maximum atomic E-state index is 12.5. The number of hydrogen-bond acceptors (Lipinski definition) is 4. The van der Waals surface area contributed by atoms with Crippen LogP contribution in [0.1, 0.15) is 19.8 Å². The first-order chi connectivity index (χ1) is 9.17. The van der Waals surface area contributed by atoms with Crippen LogP contribution in [0.4, 0.5) is 4.79 Å². The number of fused-ring (bicyclic) bond motifs is 2. The quantitative estimate of drug-likeness (QED) is 0.572. The van der Waals surface area contributed by atoms with Gasteiger partial charge in [0.1, 0.15) is 6.61 Å². The lowest BCUT2D eigenvalue weighted by atomic mass is 9.92. The fraction of sp³-hybridized carbons (Fsp3) is 0.714. The summed E-state index contributed by atoms with van der Waals surface area (Å²) in [5.41, 5.74) is 0. The van der Waals surface area contributed by atoms with Crippen molar-refractivity contribution < 1.29 is 19.1 Å². The molecule has 2 aliphatic carbocycles. The predicted molar refractivity (Wildman–Crippen MR) is 67.3 cm³/mol. The van der Waals surface area contributed by atoms with E-state index in [9.17, 15) is 9.59 Å². The molecule has 0 aromatic heterocycles. The van der Waals surface area contributed by atoms with E-state index in [0.717, 1.165) is 12.8 Å². The van der Waals surface area contributed by atoms with Gasteiger partial charge >= 0.3 is 6.16 Å². The van der Waals surface area contributed by atoms with E-state index in [1.807, 2.05) is 6.92 Å². The molecule has 3 rings (SSSR count). The summed E-state index contributed by atoms with van der Waals surface area (Å²) in [5, 5.41) is 0. The van der Waals surface area contributed by atoms with Gasteiger partial charge in [0, 0.05) is 12.5 Å². The fourth-order valence-electron chi connectivity index (χ4n) is 3.37. The van der Waals surface area contributed by atoms with Crippen molar-refractivity contribution in [1.82, 2.24) is 4.90 Å². The summed E-state index contributed by atoms with van der Waals surface area (Å²) in [6.45, 7) is 3.29. The van der Waals surface area contributed by atoms with Gasteiger partial charge in [0.15, 0.2) is 6.10 Å². The van der Waals surface area contributed by atoms with E-state index in [1.165, 1.54) is 0 Å². The van der Waals surface area contributed by atoms with E-state index in [2.05, 4.69) is 12.2 Å². The smallest absolute Gasteiger partial charge is 0.430 e. The molecular weight excluding hydrogens is 246 g/mol. The molecule has 0 radical (unpaired) electrons. The molecule has 19 heavy (non-hydrogen) atoms. The molecule has 1 amide bonds. The van der Waals surface area contributed by atoms with Crippen molar-refractivity contribution >= 4 is 12.1 Å². The van der Waals surface area contributed by atoms with Gasteiger partial charge in [-0.15, -0.1) is 0 Å². The molecule has 1 saturated carbocycles. The molecule has 4 atom stereocenters. The van der Waals surface area contributed by atoms with Crippen LogP contribution < -0.4 is 0 Å². The highest BCUT2D eigenvalue weighted by molar-refractivity contribution is 5.80. The van der Waals surface area contributed by atoms with Crippen molar-refractivity contribution in [2.24, 2.45) is 17.8 Å². The second kappa shape index (κ2) is 4.87. The molecule has 0 N–H and O–H groups in total. The number of ether oxygens (including phenoxy) is 2. The number of allylic oxidation sites excluding steroid dienone is 2. The number of hydrogen-bond donors (Lipinski definition) is 0. The fourth-order valence-corrected chi connectivity index (χ4v) is 3.37. The van der Waals surface area contributed by atoms with Crippen LogP contribution in [0.15, 0.2) is 12.2 Å². The highest BCUT2D eigenvalue weighted by Gasteiger charge is 2.42. The average Bonchev–Trinajstić information content (AvgIpc) is 3.11. The largest absolute Gasteiger partial charge is 0.508 e. The molecule has 104 valence electrons. The first-order valence-corrected chi connectivity index (χ1v) is 6.98. The van der Waals surface area contributed by atoms with Crippen molar-refractivity contribution in [3.05, 3.63) is 12.2 Å². The molecule has 5 heteroatoms. The summed E-state index contributed by atoms with van der Waals surface area (Å²) >= 11 is 0. The predicted octanol–water partition coefficient (Wildman–Crippen LogP) is 1.58. The zero-order valence-corrected chi connectivity index (χ0v) is 11.1. The van der Waals surface area contributed by atoms with Gasteiger partial charge in [0.25, 0.3) is 0 Å². The molecule has 3 aliphatic rings. The van der Waals surface area contributed by atoms with Gasteiger partial charge in [-0.3, -0.25) is 4.79 Å². The minimum atomic E-state index is -0.628. The van der Waals surface area contributed by atoms with Crippen LogP contribution in [0.2, 0.25) is 0 Å². The summed E-state index contributed by atoms with van der Waals surface area (Å²) < 4.78 is 9.75. The van der Waals surface area contributed by atoms with E-state index in [-0.39, 0.29) is 24.5 Å². The third-order valence-electron chi connectivity index (χ3n) is 4.36. The molecule has 2 fully saturated rings. The Hall–Kier alpha value is -1.52. The van der Waals surface area contributed by atoms with Crippen molar-refractivity contribution in [1.29, 1.82) is 0 Å². The third kappa shape index (κ3) is 2.33. The monoisotopic (exact) mass is 265 g/mol. The van der Waals surface area contributed by atoms with Crippen molar-refractivity contribution in [3.8, 4) is 0 Å². The molecule has 1 heterocycles. The Balaban J connectivity index is 1.60. The highest BCUT2D eigenvalue weighted by Crippen LogP contribution is 2.44. The van der Waals surface area contributed by atoms with Crippen LogP contribution in [0.5, 0.6) is 0 Å². The van der Waals surface area contributed by atoms with E-state index < -0.39 is 6.16 Å². The Kier molecular flexibility index (Phi) is 3.21. The summed E-state index contributed by atoms with van der Waals surface area (Å²) in [5.74, 6) is 1.31. The summed E-state index contributed by atoms with van der Waals surface area (Å²) in [7, 11) is 0. The van der Waals surface area contributed by atoms with E-state index in [4.69, 9.17) is 9.47 Å². The van der Waals surface area contributed by atoms with Crippen molar-refractivity contribution in [3.63, 3.8) is 0 Å². The maximum absolute atomic E-state index is 12.5. The second-order valence-corrected chi connectivity index (χ2v) is 5.56.